The van der Waals surface area contributed by atoms with Crippen molar-refractivity contribution in [2.24, 2.45) is 0 Å². The van der Waals surface area contributed by atoms with Gasteiger partial charge < -0.3 is 4.79 Å². The SMILES string of the molecule is CCCCCC=CC=CCCCCCCCCC=O. The van der Waals surface area contributed by atoms with Crippen LogP contribution in [0.25, 0.3) is 0 Å². The van der Waals surface area contributed by atoms with Gasteiger partial charge in [0.2, 0.25) is 0 Å². The molecule has 0 atom stereocenters. The third-order valence-corrected chi connectivity index (χ3v) is 3.30. The minimum absolute atomic E-state index is 0.743. The Morgan fingerprint density at radius 1 is 0.632 bits per heavy atom. The van der Waals surface area contributed by atoms with Crippen LogP contribution in [0.1, 0.15) is 84.0 Å². The van der Waals surface area contributed by atoms with E-state index in [4.69, 9.17) is 0 Å². The lowest BCUT2D eigenvalue weighted by atomic mass is 10.1. The van der Waals surface area contributed by atoms with Crippen LogP contribution in [0.15, 0.2) is 24.3 Å². The summed E-state index contributed by atoms with van der Waals surface area (Å²) in [6, 6.07) is 0. The highest BCUT2D eigenvalue weighted by Crippen LogP contribution is 2.08. The lowest BCUT2D eigenvalue weighted by molar-refractivity contribution is -0.107. The molecule has 0 radical (unpaired) electrons. The largest absolute Gasteiger partial charge is 0.303 e. The molecule has 1 nitrogen and oxygen atoms in total. The fraction of sp³-hybridized carbons (Fsp3) is 0.722. The van der Waals surface area contributed by atoms with E-state index in [2.05, 4.69) is 31.2 Å². The van der Waals surface area contributed by atoms with Crippen LogP contribution in [0.4, 0.5) is 0 Å². The molecule has 0 spiro atoms. The van der Waals surface area contributed by atoms with Crippen LogP contribution in [0.5, 0.6) is 0 Å². The first kappa shape index (κ1) is 18.1. The Bertz CT molecular complexity index is 228. The number of allylic oxidation sites excluding steroid dienone is 4. The molecule has 0 rings (SSSR count). The zero-order valence-electron chi connectivity index (χ0n) is 12.8. The molecule has 0 bridgehead atoms. The Hall–Kier alpha value is -0.850. The average Bonchev–Trinajstić information content (AvgIpc) is 2.43. The van der Waals surface area contributed by atoms with E-state index in [1.54, 1.807) is 0 Å². The molecule has 0 N–H and O–H groups in total. The van der Waals surface area contributed by atoms with Crippen molar-refractivity contribution in [3.05, 3.63) is 24.3 Å². The van der Waals surface area contributed by atoms with Gasteiger partial charge in [0.05, 0.1) is 0 Å². The summed E-state index contributed by atoms with van der Waals surface area (Å²) < 4.78 is 0. The van der Waals surface area contributed by atoms with E-state index in [0.29, 0.717) is 0 Å². The first-order chi connectivity index (χ1) is 9.41. The van der Waals surface area contributed by atoms with Crippen molar-refractivity contribution < 1.29 is 4.79 Å². The maximum Gasteiger partial charge on any atom is 0.119 e. The van der Waals surface area contributed by atoms with Crippen molar-refractivity contribution >= 4 is 6.29 Å². The van der Waals surface area contributed by atoms with Crippen LogP contribution in [0.2, 0.25) is 0 Å². The van der Waals surface area contributed by atoms with Gasteiger partial charge in [-0.1, -0.05) is 69.8 Å². The molecule has 0 aromatic rings. The number of aldehydes is 1. The molecule has 0 aliphatic carbocycles. The van der Waals surface area contributed by atoms with E-state index in [1.165, 1.54) is 64.2 Å². The van der Waals surface area contributed by atoms with Gasteiger partial charge in [-0.05, 0) is 32.1 Å². The normalized spacial score (nSPS) is 11.6. The standard InChI is InChI=1S/C18H32O/c1-2-3-4-5-6-7-8-9-10-11-12-13-14-15-16-17-18-19/h6-9,18H,2-5,10-17H2,1H3. The summed E-state index contributed by atoms with van der Waals surface area (Å²) >= 11 is 0. The summed E-state index contributed by atoms with van der Waals surface area (Å²) in [7, 11) is 0. The van der Waals surface area contributed by atoms with Crippen LogP contribution in [-0.4, -0.2) is 6.29 Å². The second-order valence-electron chi connectivity index (χ2n) is 5.22. The number of hydrogen-bond acceptors (Lipinski definition) is 1. The average molecular weight is 264 g/mol. The molecule has 110 valence electrons. The highest BCUT2D eigenvalue weighted by molar-refractivity contribution is 5.48. The van der Waals surface area contributed by atoms with Gasteiger partial charge in [0, 0.05) is 6.42 Å². The van der Waals surface area contributed by atoms with Gasteiger partial charge >= 0.3 is 0 Å². The predicted octanol–water partition coefficient (Wildman–Crippen LogP) is 6.00. The molecule has 0 aromatic heterocycles. The molecule has 0 amide bonds. The lowest BCUT2D eigenvalue weighted by Crippen LogP contribution is -1.80. The third kappa shape index (κ3) is 17.1. The molecule has 1 heteroatoms. The Balaban J connectivity index is 3.14. The number of carbonyl (C=O) groups is 1. The summed E-state index contributed by atoms with van der Waals surface area (Å²) in [5.41, 5.74) is 0. The zero-order chi connectivity index (χ0) is 14.0. The Morgan fingerprint density at radius 2 is 1.11 bits per heavy atom. The Labute approximate surface area is 120 Å². The molecule has 0 fully saturated rings. The molecule has 0 heterocycles. The summed E-state index contributed by atoms with van der Waals surface area (Å²) in [6.45, 7) is 2.24. The van der Waals surface area contributed by atoms with Gasteiger partial charge in [-0.25, -0.2) is 0 Å². The van der Waals surface area contributed by atoms with E-state index in [1.807, 2.05) is 0 Å². The summed E-state index contributed by atoms with van der Waals surface area (Å²) in [6.07, 6.45) is 24.6. The summed E-state index contributed by atoms with van der Waals surface area (Å²) in [5.74, 6) is 0. The molecule has 0 aliphatic heterocycles. The maximum absolute atomic E-state index is 10.1. The number of hydrogen-bond donors (Lipinski definition) is 0. The van der Waals surface area contributed by atoms with E-state index in [-0.39, 0.29) is 0 Å². The van der Waals surface area contributed by atoms with Crippen LogP contribution >= 0.6 is 0 Å². The summed E-state index contributed by atoms with van der Waals surface area (Å²) in [4.78, 5) is 10.1. The fourth-order valence-electron chi connectivity index (χ4n) is 2.06. The Kier molecular flexibility index (Phi) is 16.4. The third-order valence-electron chi connectivity index (χ3n) is 3.30. The molecule has 0 unspecified atom stereocenters. The van der Waals surface area contributed by atoms with Crippen LogP contribution in [0, 0.1) is 0 Å². The van der Waals surface area contributed by atoms with Crippen molar-refractivity contribution in [1.29, 1.82) is 0 Å². The lowest BCUT2D eigenvalue weighted by Gasteiger charge is -1.98. The second-order valence-corrected chi connectivity index (χ2v) is 5.22. The number of rotatable bonds is 14. The van der Waals surface area contributed by atoms with E-state index < -0.39 is 0 Å². The molecule has 0 saturated heterocycles. The van der Waals surface area contributed by atoms with Gasteiger partial charge in [0.15, 0.2) is 0 Å². The van der Waals surface area contributed by atoms with Crippen molar-refractivity contribution in [2.45, 2.75) is 84.0 Å². The molecule has 19 heavy (non-hydrogen) atoms. The smallest absolute Gasteiger partial charge is 0.119 e. The fourth-order valence-corrected chi connectivity index (χ4v) is 2.06. The van der Waals surface area contributed by atoms with Gasteiger partial charge in [-0.15, -0.1) is 0 Å². The van der Waals surface area contributed by atoms with E-state index in [9.17, 15) is 4.79 Å². The first-order valence-electron chi connectivity index (χ1n) is 8.17. The highest BCUT2D eigenvalue weighted by atomic mass is 16.1. The second kappa shape index (κ2) is 17.2. The topological polar surface area (TPSA) is 17.1 Å². The molecular weight excluding hydrogens is 232 g/mol. The predicted molar refractivity (Wildman–Crippen MR) is 85.4 cm³/mol. The van der Waals surface area contributed by atoms with Crippen LogP contribution in [-0.2, 0) is 4.79 Å². The summed E-state index contributed by atoms with van der Waals surface area (Å²) in [5, 5.41) is 0. The van der Waals surface area contributed by atoms with Crippen molar-refractivity contribution in [3.63, 3.8) is 0 Å². The first-order valence-corrected chi connectivity index (χ1v) is 8.17. The number of carbonyl (C=O) groups excluding carboxylic acids is 1. The zero-order valence-corrected chi connectivity index (χ0v) is 12.8. The van der Waals surface area contributed by atoms with E-state index in [0.717, 1.165) is 19.1 Å². The maximum atomic E-state index is 10.1. The highest BCUT2D eigenvalue weighted by Gasteiger charge is 1.90. The van der Waals surface area contributed by atoms with Gasteiger partial charge in [0.1, 0.15) is 6.29 Å². The monoisotopic (exact) mass is 264 g/mol. The van der Waals surface area contributed by atoms with Gasteiger partial charge in [0.25, 0.3) is 0 Å². The van der Waals surface area contributed by atoms with Gasteiger partial charge in [-0.3, -0.25) is 0 Å². The molecule has 0 saturated carbocycles. The minimum Gasteiger partial charge on any atom is -0.303 e. The van der Waals surface area contributed by atoms with Crippen LogP contribution < -0.4 is 0 Å². The number of unbranched alkanes of at least 4 members (excludes halogenated alkanes) is 10. The molecule has 0 aromatic carbocycles. The quantitative estimate of drug-likeness (QED) is 0.214. The Morgan fingerprint density at radius 3 is 1.63 bits per heavy atom. The molecule has 0 aliphatic rings. The van der Waals surface area contributed by atoms with Crippen LogP contribution in [0.3, 0.4) is 0 Å². The molecular formula is C18H32O. The van der Waals surface area contributed by atoms with Crippen molar-refractivity contribution in [3.8, 4) is 0 Å². The van der Waals surface area contributed by atoms with E-state index >= 15 is 0 Å². The minimum atomic E-state index is 0.743. The van der Waals surface area contributed by atoms with Crippen molar-refractivity contribution in [2.75, 3.05) is 0 Å². The van der Waals surface area contributed by atoms with Crippen molar-refractivity contribution in [1.82, 2.24) is 0 Å². The van der Waals surface area contributed by atoms with Gasteiger partial charge in [-0.2, -0.15) is 0 Å².